The Bertz CT molecular complexity index is 1320. The Morgan fingerprint density at radius 2 is 2.07 bits per heavy atom. The molecule has 0 unspecified atom stereocenters. The zero-order valence-corrected chi connectivity index (χ0v) is 17.1. The summed E-state index contributed by atoms with van der Waals surface area (Å²) in [6.07, 6.45) is 0. The number of thiophene rings is 1. The van der Waals surface area contributed by atoms with Crippen LogP contribution in [-0.4, -0.2) is 22.4 Å². The number of nitrogens with one attached hydrogen (secondary N) is 1. The van der Waals surface area contributed by atoms with Gasteiger partial charge >= 0.3 is 0 Å². The number of ether oxygens (including phenoxy) is 1. The molecule has 1 amide bonds. The molecule has 0 aliphatic rings. The van der Waals surface area contributed by atoms with Crippen molar-refractivity contribution in [1.82, 2.24) is 4.98 Å². The van der Waals surface area contributed by atoms with Crippen LogP contribution in [0.2, 0.25) is 0 Å². The number of rotatable bonds is 5. The van der Waals surface area contributed by atoms with Crippen LogP contribution >= 0.6 is 11.3 Å². The highest BCUT2D eigenvalue weighted by Crippen LogP contribution is 2.36. The number of aromatic nitrogens is 1. The van der Waals surface area contributed by atoms with Crippen LogP contribution in [0.3, 0.4) is 0 Å². The van der Waals surface area contributed by atoms with Gasteiger partial charge in [0.25, 0.3) is 11.6 Å². The van der Waals surface area contributed by atoms with E-state index in [2.05, 4.69) is 10.3 Å². The molecule has 0 aliphatic carbocycles. The second kappa shape index (κ2) is 7.60. The van der Waals surface area contributed by atoms with Crippen molar-refractivity contribution in [1.29, 1.82) is 0 Å². The molecule has 0 fully saturated rings. The van der Waals surface area contributed by atoms with Crippen LogP contribution in [0.15, 0.2) is 42.5 Å². The van der Waals surface area contributed by atoms with Gasteiger partial charge in [0.05, 0.1) is 28.4 Å². The highest BCUT2D eigenvalue weighted by atomic mass is 32.1. The molecule has 0 saturated heterocycles. The first-order valence-electron chi connectivity index (χ1n) is 9.19. The van der Waals surface area contributed by atoms with Gasteiger partial charge < -0.3 is 15.8 Å². The maximum atomic E-state index is 12.9. The van der Waals surface area contributed by atoms with Crippen LogP contribution in [0.5, 0.6) is 5.75 Å². The fourth-order valence-electron chi connectivity index (χ4n) is 3.14. The van der Waals surface area contributed by atoms with E-state index in [1.54, 1.807) is 13.0 Å². The number of anilines is 2. The molecule has 4 aromatic rings. The molecule has 9 heteroatoms. The number of non-ortho nitro benzene ring substituents is 1. The smallest absolute Gasteiger partial charge is 0.271 e. The lowest BCUT2D eigenvalue weighted by molar-refractivity contribution is -0.384. The molecule has 0 radical (unpaired) electrons. The number of fused-ring (bicyclic) bond motifs is 2. The molecule has 0 spiro atoms. The van der Waals surface area contributed by atoms with Gasteiger partial charge in [-0.05, 0) is 43.7 Å². The molecule has 8 nitrogen and oxygen atoms in total. The molecule has 0 saturated carbocycles. The lowest BCUT2D eigenvalue weighted by Crippen LogP contribution is -2.13. The first kappa shape index (κ1) is 19.6. The third kappa shape index (κ3) is 3.50. The Labute approximate surface area is 175 Å². The van der Waals surface area contributed by atoms with Crippen molar-refractivity contribution < 1.29 is 14.5 Å². The van der Waals surface area contributed by atoms with Crippen LogP contribution < -0.4 is 15.8 Å². The van der Waals surface area contributed by atoms with Gasteiger partial charge in [-0.3, -0.25) is 14.9 Å². The lowest BCUT2D eigenvalue weighted by atomic mass is 10.1. The van der Waals surface area contributed by atoms with Crippen molar-refractivity contribution in [2.24, 2.45) is 0 Å². The Hall–Kier alpha value is -3.72. The van der Waals surface area contributed by atoms with Crippen LogP contribution in [-0.2, 0) is 0 Å². The maximum absolute atomic E-state index is 12.9. The summed E-state index contributed by atoms with van der Waals surface area (Å²) in [5.41, 5.74) is 8.34. The number of nitro benzene ring substituents is 1. The Morgan fingerprint density at radius 1 is 1.27 bits per heavy atom. The molecule has 2 heterocycles. The van der Waals surface area contributed by atoms with Crippen LogP contribution in [0.25, 0.3) is 21.1 Å². The predicted octanol–water partition coefficient (Wildman–Crippen LogP) is 4.90. The predicted molar refractivity (Wildman–Crippen MR) is 118 cm³/mol. The minimum Gasteiger partial charge on any atom is -0.494 e. The monoisotopic (exact) mass is 422 g/mol. The third-order valence-corrected chi connectivity index (χ3v) is 5.80. The molecule has 0 bridgehead atoms. The van der Waals surface area contributed by atoms with E-state index in [0.29, 0.717) is 38.6 Å². The number of aryl methyl sites for hydroxylation is 1. The molecule has 0 aliphatic heterocycles. The van der Waals surface area contributed by atoms with E-state index in [1.807, 2.05) is 31.2 Å². The number of carbonyl (C=O) groups excluding carboxylic acids is 1. The molecule has 4 rings (SSSR count). The highest BCUT2D eigenvalue weighted by molar-refractivity contribution is 7.21. The number of nitro groups is 1. The quantitative estimate of drug-likeness (QED) is 0.349. The fourth-order valence-corrected chi connectivity index (χ4v) is 4.12. The highest BCUT2D eigenvalue weighted by Gasteiger charge is 2.20. The average Bonchev–Trinajstić information content (AvgIpc) is 3.04. The second-order valence-electron chi connectivity index (χ2n) is 6.68. The molecular formula is C21H18N4O4S. The maximum Gasteiger partial charge on any atom is 0.271 e. The molecule has 2 aromatic carbocycles. The number of carbonyl (C=O) groups is 1. The van der Waals surface area contributed by atoms with E-state index in [1.165, 1.54) is 23.5 Å². The summed E-state index contributed by atoms with van der Waals surface area (Å²) < 4.78 is 5.54. The van der Waals surface area contributed by atoms with Crippen LogP contribution in [0.1, 0.15) is 22.2 Å². The summed E-state index contributed by atoms with van der Waals surface area (Å²) in [6.45, 7) is 4.23. The first-order chi connectivity index (χ1) is 14.4. The van der Waals surface area contributed by atoms with Gasteiger partial charge in [-0.2, -0.15) is 0 Å². The van der Waals surface area contributed by atoms with E-state index < -0.39 is 10.8 Å². The van der Waals surface area contributed by atoms with E-state index in [0.717, 1.165) is 16.7 Å². The summed E-state index contributed by atoms with van der Waals surface area (Å²) in [5.74, 6) is 0.303. The SMILES string of the molecule is CCOc1ccc2nc3sc(C(=O)Nc4cc([N+](=O)[O-])ccc4C)c(N)c3cc2c1. The Morgan fingerprint density at radius 3 is 2.80 bits per heavy atom. The van der Waals surface area contributed by atoms with Crippen LogP contribution in [0, 0.1) is 17.0 Å². The molecule has 3 N–H and O–H groups in total. The summed E-state index contributed by atoms with van der Waals surface area (Å²) >= 11 is 1.18. The van der Waals surface area contributed by atoms with Crippen molar-refractivity contribution in [3.8, 4) is 5.75 Å². The van der Waals surface area contributed by atoms with Gasteiger partial charge in [-0.1, -0.05) is 6.07 Å². The molecule has 30 heavy (non-hydrogen) atoms. The van der Waals surface area contributed by atoms with E-state index in [9.17, 15) is 14.9 Å². The number of hydrogen-bond acceptors (Lipinski definition) is 7. The minimum atomic E-state index is -0.505. The molecule has 152 valence electrons. The number of pyridine rings is 1. The van der Waals surface area contributed by atoms with Crippen LogP contribution in [0.4, 0.5) is 17.1 Å². The largest absolute Gasteiger partial charge is 0.494 e. The van der Waals surface area contributed by atoms with Gasteiger partial charge in [0.15, 0.2) is 0 Å². The van der Waals surface area contributed by atoms with Gasteiger partial charge in [0.2, 0.25) is 0 Å². The van der Waals surface area contributed by atoms with Gasteiger partial charge in [-0.15, -0.1) is 11.3 Å². The van der Waals surface area contributed by atoms with E-state index in [-0.39, 0.29) is 5.69 Å². The summed E-state index contributed by atoms with van der Waals surface area (Å²) in [6, 6.07) is 11.8. The van der Waals surface area contributed by atoms with E-state index in [4.69, 9.17) is 10.5 Å². The molecule has 0 atom stereocenters. The number of hydrogen-bond donors (Lipinski definition) is 2. The number of nitrogen functional groups attached to an aromatic ring is 1. The van der Waals surface area contributed by atoms with Crippen molar-refractivity contribution in [3.05, 3.63) is 63.0 Å². The number of benzene rings is 2. The first-order valence-corrected chi connectivity index (χ1v) is 10.0. The van der Waals surface area contributed by atoms with Crippen molar-refractivity contribution >= 4 is 55.4 Å². The number of nitrogens with two attached hydrogens (primary N) is 1. The minimum absolute atomic E-state index is 0.0989. The van der Waals surface area contributed by atoms with Gasteiger partial charge in [-0.25, -0.2) is 4.98 Å². The fraction of sp³-hybridized carbons (Fsp3) is 0.143. The summed E-state index contributed by atoms with van der Waals surface area (Å²) in [4.78, 5) is 29.0. The zero-order chi connectivity index (χ0) is 21.4. The van der Waals surface area contributed by atoms with Gasteiger partial charge in [0.1, 0.15) is 15.5 Å². The van der Waals surface area contributed by atoms with Gasteiger partial charge in [0, 0.05) is 22.9 Å². The third-order valence-electron chi connectivity index (χ3n) is 4.68. The second-order valence-corrected chi connectivity index (χ2v) is 7.68. The number of nitrogens with zero attached hydrogens (tertiary/aromatic N) is 2. The normalized spacial score (nSPS) is 11.0. The summed E-state index contributed by atoms with van der Waals surface area (Å²) in [7, 11) is 0. The number of amides is 1. The Kier molecular flexibility index (Phi) is 4.96. The molecule has 2 aromatic heterocycles. The zero-order valence-electron chi connectivity index (χ0n) is 16.3. The summed E-state index contributed by atoms with van der Waals surface area (Å²) in [5, 5.41) is 15.3. The van der Waals surface area contributed by atoms with E-state index >= 15 is 0 Å². The average molecular weight is 422 g/mol. The van der Waals surface area contributed by atoms with Crippen molar-refractivity contribution in [3.63, 3.8) is 0 Å². The van der Waals surface area contributed by atoms with Crippen molar-refractivity contribution in [2.45, 2.75) is 13.8 Å². The lowest BCUT2D eigenvalue weighted by Gasteiger charge is -2.07. The standard InChI is InChI=1S/C21H18N4O4S/c1-3-29-14-6-7-16-12(8-14)9-15-18(22)19(30-21(15)24-16)20(26)23-17-10-13(25(27)28)5-4-11(17)2/h4-10H,3,22H2,1-2H3,(H,23,26). The van der Waals surface area contributed by atoms with Crippen molar-refractivity contribution in [2.75, 3.05) is 17.7 Å². The topological polar surface area (TPSA) is 120 Å². The Balaban J connectivity index is 1.72. The molecular weight excluding hydrogens is 404 g/mol.